The molecule has 0 spiro atoms. The number of carbonyl (C=O) groups excluding carboxylic acids is 2. The zero-order valence-electron chi connectivity index (χ0n) is 14.5. The summed E-state index contributed by atoms with van der Waals surface area (Å²) in [6.45, 7) is 1.60. The number of benzene rings is 2. The van der Waals surface area contributed by atoms with Crippen LogP contribution in [0, 0.1) is 0 Å². The maximum absolute atomic E-state index is 12.1. The minimum atomic E-state index is -0.253. The third-order valence-electron chi connectivity index (χ3n) is 4.40. The monoisotopic (exact) mass is 371 g/mol. The lowest BCUT2D eigenvalue weighted by atomic mass is 10.1. The number of hydrogen-bond acceptors (Lipinski definition) is 2. The second kappa shape index (κ2) is 8.72. The average Bonchev–Trinajstić information content (AvgIpc) is 2.96. The molecule has 1 fully saturated rings. The van der Waals surface area contributed by atoms with Crippen LogP contribution in [0.25, 0.3) is 0 Å². The van der Waals surface area contributed by atoms with Crippen molar-refractivity contribution in [2.24, 2.45) is 0 Å². The smallest absolute Gasteiger partial charge is 0.315 e. The highest BCUT2D eigenvalue weighted by atomic mass is 35.5. The second-order valence-electron chi connectivity index (χ2n) is 6.40. The van der Waals surface area contributed by atoms with Gasteiger partial charge in [0.05, 0.1) is 6.04 Å². The van der Waals surface area contributed by atoms with Crippen molar-refractivity contribution in [1.82, 2.24) is 15.5 Å². The fourth-order valence-electron chi connectivity index (χ4n) is 3.07. The first kappa shape index (κ1) is 18.3. The molecule has 1 atom stereocenters. The van der Waals surface area contributed by atoms with Gasteiger partial charge in [0.2, 0.25) is 5.91 Å². The van der Waals surface area contributed by atoms with Gasteiger partial charge in [0.15, 0.2) is 0 Å². The number of amides is 3. The van der Waals surface area contributed by atoms with Crippen molar-refractivity contribution < 1.29 is 9.59 Å². The predicted octanol–water partition coefficient (Wildman–Crippen LogP) is 2.98. The zero-order chi connectivity index (χ0) is 18.4. The van der Waals surface area contributed by atoms with E-state index in [0.29, 0.717) is 37.5 Å². The van der Waals surface area contributed by atoms with E-state index in [9.17, 15) is 9.59 Å². The molecule has 26 heavy (non-hydrogen) atoms. The van der Waals surface area contributed by atoms with Gasteiger partial charge in [-0.3, -0.25) is 4.79 Å². The Morgan fingerprint density at radius 1 is 1.12 bits per heavy atom. The summed E-state index contributed by atoms with van der Waals surface area (Å²) in [5.41, 5.74) is 2.09. The molecule has 136 valence electrons. The van der Waals surface area contributed by atoms with Crippen LogP contribution in [0.5, 0.6) is 0 Å². The van der Waals surface area contributed by atoms with Crippen LogP contribution in [0.2, 0.25) is 5.02 Å². The lowest BCUT2D eigenvalue weighted by molar-refractivity contribution is -0.128. The molecule has 1 saturated heterocycles. The molecule has 3 rings (SSSR count). The Labute approximate surface area is 158 Å². The molecule has 0 aliphatic carbocycles. The van der Waals surface area contributed by atoms with E-state index < -0.39 is 0 Å². The molecule has 1 aliphatic heterocycles. The van der Waals surface area contributed by atoms with Crippen LogP contribution in [0.15, 0.2) is 54.6 Å². The quantitative estimate of drug-likeness (QED) is 0.820. The van der Waals surface area contributed by atoms with Gasteiger partial charge in [0.1, 0.15) is 0 Å². The van der Waals surface area contributed by atoms with Gasteiger partial charge < -0.3 is 15.5 Å². The summed E-state index contributed by atoms with van der Waals surface area (Å²) in [5, 5.41) is 6.41. The summed E-state index contributed by atoms with van der Waals surface area (Å²) in [7, 11) is 0. The Kier molecular flexibility index (Phi) is 6.12. The molecule has 0 aromatic heterocycles. The molecule has 1 unspecified atom stereocenters. The van der Waals surface area contributed by atoms with Crippen LogP contribution < -0.4 is 10.6 Å². The molecule has 1 heterocycles. The van der Waals surface area contributed by atoms with Crippen molar-refractivity contribution in [3.63, 3.8) is 0 Å². The topological polar surface area (TPSA) is 61.4 Å². The Bertz CT molecular complexity index is 767. The highest BCUT2D eigenvalue weighted by Crippen LogP contribution is 2.16. The highest BCUT2D eigenvalue weighted by Gasteiger charge is 2.30. The number of nitrogens with one attached hydrogen (secondary N) is 2. The fourth-order valence-corrected chi connectivity index (χ4v) is 3.30. The molecule has 5 nitrogen and oxygen atoms in total. The Balaban J connectivity index is 1.42. The first-order valence-electron chi connectivity index (χ1n) is 8.71. The standard InChI is InChI=1S/C20H22ClN3O2/c21-18-9-5-4-8-16(18)10-11-22-20(26)23-17-12-19(25)24(14-17)13-15-6-2-1-3-7-15/h1-9,17H,10-14H2,(H2,22,23,26). The van der Waals surface area contributed by atoms with E-state index in [1.54, 1.807) is 4.90 Å². The number of urea groups is 1. The number of rotatable bonds is 6. The van der Waals surface area contributed by atoms with Crippen LogP contribution in [0.4, 0.5) is 4.79 Å². The van der Waals surface area contributed by atoms with E-state index in [2.05, 4.69) is 10.6 Å². The first-order chi connectivity index (χ1) is 12.6. The number of hydrogen-bond donors (Lipinski definition) is 2. The van der Waals surface area contributed by atoms with Gasteiger partial charge in [-0.15, -0.1) is 0 Å². The molecule has 6 heteroatoms. The lowest BCUT2D eigenvalue weighted by Crippen LogP contribution is -2.43. The van der Waals surface area contributed by atoms with E-state index in [4.69, 9.17) is 11.6 Å². The van der Waals surface area contributed by atoms with Crippen molar-refractivity contribution in [2.75, 3.05) is 13.1 Å². The van der Waals surface area contributed by atoms with E-state index in [-0.39, 0.29) is 18.0 Å². The van der Waals surface area contributed by atoms with Crippen LogP contribution in [0.3, 0.4) is 0 Å². The second-order valence-corrected chi connectivity index (χ2v) is 6.81. The van der Waals surface area contributed by atoms with Crippen LogP contribution in [0.1, 0.15) is 17.5 Å². The average molecular weight is 372 g/mol. The molecular formula is C20H22ClN3O2. The summed E-state index contributed by atoms with van der Waals surface area (Å²) in [5.74, 6) is 0.0650. The van der Waals surface area contributed by atoms with Gasteiger partial charge in [-0.2, -0.15) is 0 Å². The maximum atomic E-state index is 12.1. The Hall–Kier alpha value is -2.53. The van der Waals surface area contributed by atoms with Crippen LogP contribution in [-0.4, -0.2) is 36.0 Å². The van der Waals surface area contributed by atoms with Gasteiger partial charge in [-0.25, -0.2) is 4.79 Å². The first-order valence-corrected chi connectivity index (χ1v) is 9.09. The van der Waals surface area contributed by atoms with Crippen LogP contribution in [-0.2, 0) is 17.8 Å². The number of likely N-dealkylation sites (tertiary alicyclic amines) is 1. The molecule has 0 saturated carbocycles. The summed E-state index contributed by atoms with van der Waals surface area (Å²) in [4.78, 5) is 26.0. The third-order valence-corrected chi connectivity index (χ3v) is 4.77. The SMILES string of the molecule is O=C(NCCc1ccccc1Cl)NC1CC(=O)N(Cc2ccccc2)C1. The largest absolute Gasteiger partial charge is 0.338 e. The van der Waals surface area contributed by atoms with Gasteiger partial charge >= 0.3 is 6.03 Å². The maximum Gasteiger partial charge on any atom is 0.315 e. The van der Waals surface area contributed by atoms with Crippen LogP contribution >= 0.6 is 11.6 Å². The van der Waals surface area contributed by atoms with E-state index in [1.165, 1.54) is 0 Å². The Morgan fingerprint density at radius 3 is 2.62 bits per heavy atom. The van der Waals surface area contributed by atoms with Crippen molar-refractivity contribution in [3.05, 3.63) is 70.7 Å². The van der Waals surface area contributed by atoms with Gasteiger partial charge in [-0.1, -0.05) is 60.1 Å². The van der Waals surface area contributed by atoms with E-state index in [1.807, 2.05) is 54.6 Å². The van der Waals surface area contributed by atoms with Crippen molar-refractivity contribution in [2.45, 2.75) is 25.4 Å². The lowest BCUT2D eigenvalue weighted by Gasteiger charge is -2.17. The van der Waals surface area contributed by atoms with Gasteiger partial charge in [0, 0.05) is 31.1 Å². The Morgan fingerprint density at radius 2 is 1.85 bits per heavy atom. The number of halogens is 1. The predicted molar refractivity (Wildman–Crippen MR) is 102 cm³/mol. The van der Waals surface area contributed by atoms with Crippen molar-refractivity contribution in [3.8, 4) is 0 Å². The minimum Gasteiger partial charge on any atom is -0.338 e. The van der Waals surface area contributed by atoms with E-state index in [0.717, 1.165) is 11.1 Å². The molecule has 2 aromatic rings. The molecule has 3 amide bonds. The highest BCUT2D eigenvalue weighted by molar-refractivity contribution is 6.31. The van der Waals surface area contributed by atoms with Crippen molar-refractivity contribution >= 4 is 23.5 Å². The molecular weight excluding hydrogens is 350 g/mol. The van der Waals surface area contributed by atoms with E-state index >= 15 is 0 Å². The normalized spacial score (nSPS) is 16.6. The molecule has 0 bridgehead atoms. The summed E-state index contributed by atoms with van der Waals surface area (Å²) in [6, 6.07) is 17.0. The van der Waals surface area contributed by atoms with Crippen molar-refractivity contribution in [1.29, 1.82) is 0 Å². The summed E-state index contributed by atoms with van der Waals surface area (Å²) in [6.07, 6.45) is 1.00. The molecule has 2 aromatic carbocycles. The number of carbonyl (C=O) groups is 2. The summed E-state index contributed by atoms with van der Waals surface area (Å²) < 4.78 is 0. The molecule has 2 N–H and O–H groups in total. The zero-order valence-corrected chi connectivity index (χ0v) is 15.2. The fraction of sp³-hybridized carbons (Fsp3) is 0.300. The van der Waals surface area contributed by atoms with Gasteiger partial charge in [-0.05, 0) is 23.6 Å². The number of nitrogens with zero attached hydrogens (tertiary/aromatic N) is 1. The van der Waals surface area contributed by atoms with Gasteiger partial charge in [0.25, 0.3) is 0 Å². The minimum absolute atomic E-state index is 0.0650. The third kappa shape index (κ3) is 4.99. The molecule has 0 radical (unpaired) electrons. The molecule has 1 aliphatic rings. The summed E-state index contributed by atoms with van der Waals surface area (Å²) >= 11 is 6.10.